The van der Waals surface area contributed by atoms with E-state index in [1.54, 1.807) is 0 Å². The molecule has 7 heteroatoms. The number of carbonyl (C=O) groups is 3. The van der Waals surface area contributed by atoms with Crippen LogP contribution in [0.2, 0.25) is 0 Å². The van der Waals surface area contributed by atoms with E-state index in [1.807, 2.05) is 66.7 Å². The van der Waals surface area contributed by atoms with Crippen LogP contribution in [0.25, 0.3) is 11.1 Å². The topological polar surface area (TPSA) is 105 Å². The molecule has 1 aliphatic rings. The van der Waals surface area contributed by atoms with Gasteiger partial charge in [-0.3, -0.25) is 4.79 Å². The van der Waals surface area contributed by atoms with Crippen LogP contribution in [0.4, 0.5) is 4.79 Å². The molecule has 4 rings (SSSR count). The van der Waals surface area contributed by atoms with E-state index in [9.17, 15) is 19.5 Å². The second-order valence-electron chi connectivity index (χ2n) is 8.85. The molecular formula is C28H28N2O5. The van der Waals surface area contributed by atoms with Crippen LogP contribution in [0.3, 0.4) is 0 Å². The van der Waals surface area contributed by atoms with Gasteiger partial charge in [-0.25, -0.2) is 9.59 Å². The summed E-state index contributed by atoms with van der Waals surface area (Å²) in [5, 5.41) is 14.8. The first-order valence-corrected chi connectivity index (χ1v) is 11.5. The van der Waals surface area contributed by atoms with E-state index in [0.29, 0.717) is 0 Å². The van der Waals surface area contributed by atoms with Gasteiger partial charge in [0.05, 0.1) is 0 Å². The lowest BCUT2D eigenvalue weighted by Crippen LogP contribution is -2.54. The van der Waals surface area contributed by atoms with Crippen molar-refractivity contribution in [2.24, 2.45) is 0 Å². The van der Waals surface area contributed by atoms with Gasteiger partial charge in [-0.15, -0.1) is 0 Å². The zero-order chi connectivity index (χ0) is 24.8. The molecule has 0 heterocycles. The Kier molecular flexibility index (Phi) is 7.15. The molecule has 0 radical (unpaired) electrons. The maximum Gasteiger partial charge on any atom is 0.407 e. The van der Waals surface area contributed by atoms with Gasteiger partial charge in [-0.05, 0) is 34.7 Å². The molecule has 3 aromatic rings. The van der Waals surface area contributed by atoms with Crippen molar-refractivity contribution in [1.82, 2.24) is 10.6 Å². The number of hydrogen-bond acceptors (Lipinski definition) is 4. The molecular weight excluding hydrogens is 444 g/mol. The van der Waals surface area contributed by atoms with Crippen LogP contribution in [-0.4, -0.2) is 41.8 Å². The van der Waals surface area contributed by atoms with Gasteiger partial charge in [-0.2, -0.15) is 0 Å². The number of fused-ring (bicyclic) bond motifs is 3. The third-order valence-corrected chi connectivity index (χ3v) is 6.25. The van der Waals surface area contributed by atoms with Gasteiger partial charge in [-0.1, -0.05) is 78.9 Å². The van der Waals surface area contributed by atoms with Crippen LogP contribution in [0.1, 0.15) is 36.0 Å². The van der Waals surface area contributed by atoms with Crippen LogP contribution >= 0.6 is 0 Å². The summed E-state index contributed by atoms with van der Waals surface area (Å²) in [7, 11) is 0. The van der Waals surface area contributed by atoms with Gasteiger partial charge in [0.2, 0.25) is 5.91 Å². The number of aliphatic carboxylic acids is 1. The number of carboxylic acids is 1. The standard InChI is InChI=1S/C28H28N2O5/c1-28(26(32)33,17-19-9-3-2-4-10-19)30-25(31)15-16-29-27(34)35-18-24-22-13-7-5-11-20(22)21-12-6-8-14-23(21)24/h2-14,24H,15-18H2,1H3,(H,29,34)(H,30,31)(H,32,33)/t28-/m0/s1. The SMILES string of the molecule is C[C@@](Cc1ccccc1)(NC(=O)CCNC(=O)OCC1c2ccccc2-c2ccccc21)C(=O)O. The van der Waals surface area contributed by atoms with Gasteiger partial charge in [0.15, 0.2) is 0 Å². The number of ether oxygens (including phenoxy) is 1. The largest absolute Gasteiger partial charge is 0.480 e. The molecule has 1 aliphatic carbocycles. The number of amides is 2. The molecule has 7 nitrogen and oxygen atoms in total. The molecule has 0 bridgehead atoms. The summed E-state index contributed by atoms with van der Waals surface area (Å²) in [5.41, 5.74) is 3.87. The van der Waals surface area contributed by atoms with Crippen molar-refractivity contribution in [1.29, 1.82) is 0 Å². The Bertz CT molecular complexity index is 1180. The third-order valence-electron chi connectivity index (χ3n) is 6.25. The first-order chi connectivity index (χ1) is 16.9. The molecule has 0 spiro atoms. The predicted molar refractivity (Wildman–Crippen MR) is 132 cm³/mol. The number of rotatable bonds is 9. The lowest BCUT2D eigenvalue weighted by atomic mass is 9.92. The zero-order valence-corrected chi connectivity index (χ0v) is 19.5. The summed E-state index contributed by atoms with van der Waals surface area (Å²) in [6.45, 7) is 1.68. The Labute approximate surface area is 204 Å². The Hall–Kier alpha value is -4.13. The van der Waals surface area contributed by atoms with Crippen LogP contribution in [-0.2, 0) is 20.7 Å². The van der Waals surface area contributed by atoms with Crippen LogP contribution < -0.4 is 10.6 Å². The molecule has 0 unspecified atom stereocenters. The van der Waals surface area contributed by atoms with Crippen LogP contribution in [0.5, 0.6) is 0 Å². The minimum absolute atomic E-state index is 0.0313. The number of hydrogen-bond donors (Lipinski definition) is 3. The second-order valence-corrected chi connectivity index (χ2v) is 8.85. The molecule has 180 valence electrons. The number of carboxylic acid groups (broad SMARTS) is 1. The van der Waals surface area contributed by atoms with Crippen molar-refractivity contribution < 1.29 is 24.2 Å². The molecule has 0 saturated carbocycles. The molecule has 3 N–H and O–H groups in total. The Morgan fingerprint density at radius 1 is 0.886 bits per heavy atom. The average Bonchev–Trinajstić information content (AvgIpc) is 3.17. The van der Waals surface area contributed by atoms with Crippen molar-refractivity contribution in [3.63, 3.8) is 0 Å². The van der Waals surface area contributed by atoms with Crippen molar-refractivity contribution in [2.45, 2.75) is 31.2 Å². The fourth-order valence-corrected chi connectivity index (χ4v) is 4.48. The molecule has 1 atom stereocenters. The van der Waals surface area contributed by atoms with E-state index in [0.717, 1.165) is 27.8 Å². The summed E-state index contributed by atoms with van der Waals surface area (Å²) in [6.07, 6.45) is -0.540. The van der Waals surface area contributed by atoms with Gasteiger partial charge in [0, 0.05) is 25.3 Å². The summed E-state index contributed by atoms with van der Waals surface area (Å²) in [4.78, 5) is 36.5. The minimum atomic E-state index is -1.46. The van der Waals surface area contributed by atoms with Gasteiger partial charge >= 0.3 is 12.1 Å². The summed E-state index contributed by atoms with van der Waals surface area (Å²) >= 11 is 0. The maximum absolute atomic E-state index is 12.4. The number of carbonyl (C=O) groups excluding carboxylic acids is 2. The lowest BCUT2D eigenvalue weighted by Gasteiger charge is -2.26. The van der Waals surface area contributed by atoms with Crippen molar-refractivity contribution >= 4 is 18.0 Å². The molecule has 0 aliphatic heterocycles. The van der Waals surface area contributed by atoms with Crippen LogP contribution in [0.15, 0.2) is 78.9 Å². The second kappa shape index (κ2) is 10.4. The molecule has 0 aromatic heterocycles. The molecule has 3 aromatic carbocycles. The van der Waals surface area contributed by atoms with E-state index in [-0.39, 0.29) is 31.9 Å². The highest BCUT2D eigenvalue weighted by Gasteiger charge is 2.35. The normalized spacial score (nSPS) is 13.7. The van der Waals surface area contributed by atoms with Crippen LogP contribution in [0, 0.1) is 0 Å². The fourth-order valence-electron chi connectivity index (χ4n) is 4.48. The molecule has 0 saturated heterocycles. The van der Waals surface area contributed by atoms with Crippen molar-refractivity contribution in [3.8, 4) is 11.1 Å². The third kappa shape index (κ3) is 5.51. The summed E-state index contributed by atoms with van der Waals surface area (Å²) in [5.74, 6) is -1.64. The van der Waals surface area contributed by atoms with E-state index < -0.39 is 23.5 Å². The Morgan fingerprint density at radius 3 is 2.06 bits per heavy atom. The average molecular weight is 473 g/mol. The highest BCUT2D eigenvalue weighted by molar-refractivity contribution is 5.87. The molecule has 2 amide bonds. The van der Waals surface area contributed by atoms with E-state index in [4.69, 9.17) is 4.74 Å². The minimum Gasteiger partial charge on any atom is -0.480 e. The highest BCUT2D eigenvalue weighted by atomic mass is 16.5. The lowest BCUT2D eigenvalue weighted by molar-refractivity contribution is -0.146. The predicted octanol–water partition coefficient (Wildman–Crippen LogP) is 4.12. The highest BCUT2D eigenvalue weighted by Crippen LogP contribution is 2.44. The Morgan fingerprint density at radius 2 is 1.46 bits per heavy atom. The fraction of sp³-hybridized carbons (Fsp3) is 0.250. The van der Waals surface area contributed by atoms with Gasteiger partial charge < -0.3 is 20.5 Å². The quantitative estimate of drug-likeness (QED) is 0.435. The smallest absolute Gasteiger partial charge is 0.407 e. The first kappa shape index (κ1) is 24.0. The van der Waals surface area contributed by atoms with E-state index >= 15 is 0 Å². The van der Waals surface area contributed by atoms with Crippen molar-refractivity contribution in [3.05, 3.63) is 95.6 Å². The first-order valence-electron chi connectivity index (χ1n) is 11.5. The molecule has 35 heavy (non-hydrogen) atoms. The number of nitrogens with one attached hydrogen (secondary N) is 2. The Balaban J connectivity index is 1.26. The number of benzene rings is 3. The van der Waals surface area contributed by atoms with Gasteiger partial charge in [0.1, 0.15) is 12.1 Å². The number of alkyl carbamates (subject to hydrolysis) is 1. The van der Waals surface area contributed by atoms with Crippen molar-refractivity contribution in [2.75, 3.05) is 13.2 Å². The summed E-state index contributed by atoms with van der Waals surface area (Å²) < 4.78 is 5.46. The maximum atomic E-state index is 12.4. The zero-order valence-electron chi connectivity index (χ0n) is 19.5. The van der Waals surface area contributed by atoms with E-state index in [1.165, 1.54) is 6.92 Å². The van der Waals surface area contributed by atoms with Gasteiger partial charge in [0.25, 0.3) is 0 Å². The van der Waals surface area contributed by atoms with E-state index in [2.05, 4.69) is 22.8 Å². The molecule has 0 fully saturated rings. The summed E-state index contributed by atoms with van der Waals surface area (Å²) in [6, 6.07) is 25.2. The monoisotopic (exact) mass is 472 g/mol.